The molecule has 1 aliphatic carbocycles. The van der Waals surface area contributed by atoms with Crippen LogP contribution in [0.5, 0.6) is 0 Å². The number of rotatable bonds is 5. The number of alkyl carbamates (subject to hydrolysis) is 1. The van der Waals surface area contributed by atoms with Gasteiger partial charge in [0.1, 0.15) is 0 Å². The first kappa shape index (κ1) is 11.0. The Labute approximate surface area is 84.0 Å². The van der Waals surface area contributed by atoms with Crippen molar-refractivity contribution in [3.8, 4) is 0 Å². The van der Waals surface area contributed by atoms with Crippen molar-refractivity contribution < 1.29 is 14.3 Å². The van der Waals surface area contributed by atoms with Crippen molar-refractivity contribution in [2.24, 2.45) is 5.92 Å². The largest absolute Gasteiger partial charge is 0.450 e. The molecule has 79 valence electrons. The van der Waals surface area contributed by atoms with Gasteiger partial charge in [0, 0.05) is 0 Å². The molecule has 4 nitrogen and oxygen atoms in total. The minimum Gasteiger partial charge on any atom is -0.450 e. The van der Waals surface area contributed by atoms with Crippen LogP contribution in [0.25, 0.3) is 0 Å². The second-order valence-electron chi connectivity index (χ2n) is 3.57. The Hall–Kier alpha value is -1.06. The zero-order valence-electron chi connectivity index (χ0n) is 8.41. The lowest BCUT2D eigenvalue weighted by molar-refractivity contribution is 0.147. The highest BCUT2D eigenvalue weighted by Gasteiger charge is 2.23. The van der Waals surface area contributed by atoms with Crippen molar-refractivity contribution in [2.45, 2.75) is 38.6 Å². The number of hydrogen-bond acceptors (Lipinski definition) is 3. The van der Waals surface area contributed by atoms with E-state index in [4.69, 9.17) is 0 Å². The van der Waals surface area contributed by atoms with Gasteiger partial charge in [-0.15, -0.1) is 0 Å². The van der Waals surface area contributed by atoms with Gasteiger partial charge in [-0.3, -0.25) is 4.79 Å². The van der Waals surface area contributed by atoms with Gasteiger partial charge in [0.15, 0.2) is 0 Å². The maximum atomic E-state index is 11.0. The van der Waals surface area contributed by atoms with E-state index < -0.39 is 12.1 Å². The second-order valence-corrected chi connectivity index (χ2v) is 3.57. The van der Waals surface area contributed by atoms with Crippen LogP contribution in [0.2, 0.25) is 0 Å². The Kier molecular flexibility index (Phi) is 4.43. The number of nitrogens with one attached hydrogen (secondary N) is 1. The van der Waals surface area contributed by atoms with Crippen LogP contribution in [-0.2, 0) is 9.53 Å². The molecule has 0 spiro atoms. The Balaban J connectivity index is 2.22. The topological polar surface area (TPSA) is 55.4 Å². The van der Waals surface area contributed by atoms with Crippen molar-refractivity contribution in [1.29, 1.82) is 0 Å². The van der Waals surface area contributed by atoms with Crippen LogP contribution >= 0.6 is 0 Å². The molecule has 0 bridgehead atoms. The number of hydrogen-bond donors (Lipinski definition) is 1. The molecule has 1 N–H and O–H groups in total. The highest BCUT2D eigenvalue weighted by molar-refractivity contribution is 5.73. The molecule has 0 aromatic rings. The Morgan fingerprint density at radius 3 is 2.79 bits per heavy atom. The molecule has 0 heterocycles. The summed E-state index contributed by atoms with van der Waals surface area (Å²) in [5.41, 5.74) is 0. The van der Waals surface area contributed by atoms with Crippen molar-refractivity contribution in [2.75, 3.05) is 6.61 Å². The summed E-state index contributed by atoms with van der Waals surface area (Å²) in [5, 5.41) is 2.48. The second kappa shape index (κ2) is 5.62. The van der Waals surface area contributed by atoms with Crippen molar-refractivity contribution in [3.05, 3.63) is 0 Å². The van der Waals surface area contributed by atoms with Gasteiger partial charge in [-0.25, -0.2) is 4.79 Å². The highest BCUT2D eigenvalue weighted by atomic mass is 16.5. The third kappa shape index (κ3) is 3.36. The van der Waals surface area contributed by atoms with E-state index in [9.17, 15) is 9.59 Å². The number of amides is 1. The minimum atomic E-state index is -0.528. The summed E-state index contributed by atoms with van der Waals surface area (Å²) in [5.74, 6) is 0.573. The zero-order valence-corrected chi connectivity index (χ0v) is 8.41. The molecule has 1 radical (unpaired) electrons. The van der Waals surface area contributed by atoms with Crippen molar-refractivity contribution >= 4 is 12.4 Å². The first-order valence-corrected chi connectivity index (χ1v) is 5.07. The van der Waals surface area contributed by atoms with E-state index in [2.05, 4.69) is 10.1 Å². The quantitative estimate of drug-likeness (QED) is 0.726. The van der Waals surface area contributed by atoms with Crippen LogP contribution < -0.4 is 5.32 Å². The molecule has 1 amide bonds. The summed E-state index contributed by atoms with van der Waals surface area (Å²) in [6.45, 7) is 2.05. The molecule has 0 saturated heterocycles. The summed E-state index contributed by atoms with van der Waals surface area (Å²) >= 11 is 0. The van der Waals surface area contributed by atoms with Gasteiger partial charge in [-0.2, -0.15) is 0 Å². The Bertz CT molecular complexity index is 202. The fourth-order valence-corrected chi connectivity index (χ4v) is 1.51. The lowest BCUT2D eigenvalue weighted by atomic mass is 9.81. The molecule has 1 rings (SSSR count). The van der Waals surface area contributed by atoms with Gasteiger partial charge in [0.05, 0.1) is 12.6 Å². The standard InChI is InChI=1S/C10H16NO3/c1-2-14-10(13)11-9(7-12)6-8-4-3-5-8/h8-9H,2-6H2,1H3,(H,11,13). The number of carbonyl (C=O) groups excluding carboxylic acids is 2. The van der Waals surface area contributed by atoms with Crippen molar-refractivity contribution in [3.63, 3.8) is 0 Å². The van der Waals surface area contributed by atoms with E-state index in [0.29, 0.717) is 18.9 Å². The van der Waals surface area contributed by atoms with E-state index in [1.165, 1.54) is 6.42 Å². The Morgan fingerprint density at radius 1 is 1.64 bits per heavy atom. The lowest BCUT2D eigenvalue weighted by Crippen LogP contribution is -2.38. The van der Waals surface area contributed by atoms with Crippen LogP contribution in [0.4, 0.5) is 4.79 Å². The van der Waals surface area contributed by atoms with E-state index in [-0.39, 0.29) is 0 Å². The molecule has 0 aromatic carbocycles. The van der Waals surface area contributed by atoms with Crippen LogP contribution in [0.3, 0.4) is 0 Å². The summed E-state index contributed by atoms with van der Waals surface area (Å²) in [6, 6.07) is -0.501. The van der Waals surface area contributed by atoms with Crippen LogP contribution in [0, 0.1) is 5.92 Å². The molecule has 14 heavy (non-hydrogen) atoms. The molecule has 1 unspecified atom stereocenters. The van der Waals surface area contributed by atoms with Crippen LogP contribution in [-0.4, -0.2) is 25.0 Å². The van der Waals surface area contributed by atoms with E-state index in [1.807, 2.05) is 6.29 Å². The molecule has 1 atom stereocenters. The fraction of sp³-hybridized carbons (Fsp3) is 0.800. The SMILES string of the molecule is CCOC(=O)NC([C]=O)CC1CCC1. The van der Waals surface area contributed by atoms with Crippen LogP contribution in [0.1, 0.15) is 32.6 Å². The van der Waals surface area contributed by atoms with E-state index in [0.717, 1.165) is 12.8 Å². The monoisotopic (exact) mass is 198 g/mol. The average Bonchev–Trinajstić information content (AvgIpc) is 2.09. The molecule has 0 aliphatic heterocycles. The predicted molar refractivity (Wildman–Crippen MR) is 51.6 cm³/mol. The first-order chi connectivity index (χ1) is 6.76. The molecular formula is C10H16NO3. The van der Waals surface area contributed by atoms with Gasteiger partial charge in [0.2, 0.25) is 6.29 Å². The molecule has 1 saturated carbocycles. The molecule has 1 aliphatic rings. The summed E-state index contributed by atoms with van der Waals surface area (Å²) in [7, 11) is 0. The molecule has 4 heteroatoms. The highest BCUT2D eigenvalue weighted by Crippen LogP contribution is 2.30. The lowest BCUT2D eigenvalue weighted by Gasteiger charge is -2.27. The van der Waals surface area contributed by atoms with Gasteiger partial charge >= 0.3 is 6.09 Å². The fourth-order valence-electron chi connectivity index (χ4n) is 1.51. The summed E-state index contributed by atoms with van der Waals surface area (Å²) < 4.78 is 4.68. The predicted octanol–water partition coefficient (Wildman–Crippen LogP) is 1.40. The van der Waals surface area contributed by atoms with E-state index in [1.54, 1.807) is 6.92 Å². The van der Waals surface area contributed by atoms with E-state index >= 15 is 0 Å². The smallest absolute Gasteiger partial charge is 0.407 e. The number of ether oxygens (including phenoxy) is 1. The normalized spacial score (nSPS) is 18.1. The molecule has 1 fully saturated rings. The van der Waals surface area contributed by atoms with Crippen molar-refractivity contribution in [1.82, 2.24) is 5.32 Å². The van der Waals surface area contributed by atoms with Crippen LogP contribution in [0.15, 0.2) is 0 Å². The van der Waals surface area contributed by atoms with Gasteiger partial charge < -0.3 is 10.1 Å². The maximum Gasteiger partial charge on any atom is 0.407 e. The van der Waals surface area contributed by atoms with Gasteiger partial charge in [0.25, 0.3) is 0 Å². The van der Waals surface area contributed by atoms with Gasteiger partial charge in [-0.1, -0.05) is 19.3 Å². The summed E-state index contributed by atoms with van der Waals surface area (Å²) in [6.07, 6.45) is 5.54. The third-order valence-electron chi connectivity index (χ3n) is 2.50. The zero-order chi connectivity index (χ0) is 10.4. The van der Waals surface area contributed by atoms with Gasteiger partial charge in [-0.05, 0) is 19.3 Å². The maximum absolute atomic E-state index is 11.0. The molecule has 0 aromatic heterocycles. The minimum absolute atomic E-state index is 0.320. The molecular weight excluding hydrogens is 182 g/mol. The summed E-state index contributed by atoms with van der Waals surface area (Å²) in [4.78, 5) is 21.5. The number of carbonyl (C=O) groups is 1. The average molecular weight is 198 g/mol. The third-order valence-corrected chi connectivity index (χ3v) is 2.50. The Morgan fingerprint density at radius 2 is 2.36 bits per heavy atom. The first-order valence-electron chi connectivity index (χ1n) is 5.07.